The van der Waals surface area contributed by atoms with Crippen molar-refractivity contribution in [2.75, 3.05) is 11.9 Å². The smallest absolute Gasteiger partial charge is 0.0403 e. The van der Waals surface area contributed by atoms with E-state index in [1.54, 1.807) is 11.1 Å². The summed E-state index contributed by atoms with van der Waals surface area (Å²) < 4.78 is 0. The van der Waals surface area contributed by atoms with Crippen LogP contribution in [0.2, 0.25) is 0 Å². The van der Waals surface area contributed by atoms with Crippen LogP contribution < -0.4 is 4.90 Å². The first kappa shape index (κ1) is 16.8. The highest BCUT2D eigenvalue weighted by atomic mass is 15.1. The molecule has 1 unspecified atom stereocenters. The van der Waals surface area contributed by atoms with Gasteiger partial charge in [0.1, 0.15) is 0 Å². The Kier molecular flexibility index (Phi) is 5.08. The number of hydrogen-bond acceptors (Lipinski definition) is 1. The third-order valence-corrected chi connectivity index (χ3v) is 5.31. The van der Waals surface area contributed by atoms with Crippen LogP contribution in [0.25, 0.3) is 0 Å². The molecule has 0 aliphatic heterocycles. The Hall–Kier alpha value is -2.02. The highest BCUT2D eigenvalue weighted by Crippen LogP contribution is 2.56. The molecule has 2 saturated carbocycles. The zero-order valence-corrected chi connectivity index (χ0v) is 15.1. The molecule has 0 aromatic heterocycles. The van der Waals surface area contributed by atoms with Crippen molar-refractivity contribution >= 4 is 5.69 Å². The standard InChI is InChI=1S/C23H29N/c1-4-6-16-23(15-5-2)17-14-20(22(23)19-12-13-19)18-24(3)21-10-8-7-9-11-21/h4-5,7-11,15,18H,1,6,12-14,16-17H2,2-3H3/b15-5+,20-18+. The van der Waals surface area contributed by atoms with Gasteiger partial charge in [-0.25, -0.2) is 0 Å². The summed E-state index contributed by atoms with van der Waals surface area (Å²) in [6.07, 6.45) is 16.4. The molecule has 0 spiro atoms. The molecule has 2 aliphatic rings. The quantitative estimate of drug-likeness (QED) is 0.547. The van der Waals surface area contributed by atoms with Crippen LogP contribution in [0.1, 0.15) is 45.4 Å². The van der Waals surface area contributed by atoms with Gasteiger partial charge in [0.25, 0.3) is 0 Å². The molecule has 1 heteroatoms. The first-order chi connectivity index (χ1) is 11.7. The SMILES string of the molecule is C=CCCC1(/C=C/C)CC/C(=C\N(C)c2ccccc2)C1=C1CC1. The molecule has 0 bridgehead atoms. The van der Waals surface area contributed by atoms with Crippen LogP contribution >= 0.6 is 0 Å². The number of allylic oxidation sites excluding steroid dienone is 6. The molecule has 0 amide bonds. The molecule has 0 N–H and O–H groups in total. The second-order valence-corrected chi connectivity index (χ2v) is 7.06. The van der Waals surface area contributed by atoms with Crippen molar-refractivity contribution in [3.8, 4) is 0 Å². The Morgan fingerprint density at radius 2 is 1.92 bits per heavy atom. The summed E-state index contributed by atoms with van der Waals surface area (Å²) in [5, 5.41) is 0. The lowest BCUT2D eigenvalue weighted by atomic mass is 9.76. The number of nitrogens with zero attached hydrogens (tertiary/aromatic N) is 1. The van der Waals surface area contributed by atoms with E-state index < -0.39 is 0 Å². The van der Waals surface area contributed by atoms with Gasteiger partial charge in [-0.1, -0.05) is 42.0 Å². The van der Waals surface area contributed by atoms with E-state index in [4.69, 9.17) is 0 Å². The van der Waals surface area contributed by atoms with Gasteiger partial charge in [-0.3, -0.25) is 0 Å². The van der Waals surface area contributed by atoms with Crippen molar-refractivity contribution in [2.24, 2.45) is 5.41 Å². The lowest BCUT2D eigenvalue weighted by Crippen LogP contribution is -2.17. The highest BCUT2D eigenvalue weighted by Gasteiger charge is 2.42. The maximum absolute atomic E-state index is 3.94. The summed E-state index contributed by atoms with van der Waals surface area (Å²) in [7, 11) is 2.16. The van der Waals surface area contributed by atoms with Crippen molar-refractivity contribution < 1.29 is 0 Å². The summed E-state index contributed by atoms with van der Waals surface area (Å²) in [5.41, 5.74) is 6.35. The largest absolute Gasteiger partial charge is 0.351 e. The van der Waals surface area contributed by atoms with Gasteiger partial charge in [-0.05, 0) is 68.7 Å². The monoisotopic (exact) mass is 319 g/mol. The second kappa shape index (κ2) is 7.25. The van der Waals surface area contributed by atoms with Gasteiger partial charge in [0.05, 0.1) is 0 Å². The third kappa shape index (κ3) is 3.40. The van der Waals surface area contributed by atoms with Crippen LogP contribution in [0.3, 0.4) is 0 Å². The average molecular weight is 319 g/mol. The zero-order chi connectivity index (χ0) is 17.0. The Bertz CT molecular complexity index is 671. The summed E-state index contributed by atoms with van der Waals surface area (Å²) in [5.74, 6) is 0. The van der Waals surface area contributed by atoms with E-state index >= 15 is 0 Å². The fraction of sp³-hybridized carbons (Fsp3) is 0.391. The van der Waals surface area contributed by atoms with Crippen LogP contribution in [0.4, 0.5) is 5.69 Å². The fourth-order valence-corrected chi connectivity index (χ4v) is 4.10. The van der Waals surface area contributed by atoms with Gasteiger partial charge in [-0.15, -0.1) is 6.58 Å². The number of benzene rings is 1. The summed E-state index contributed by atoms with van der Waals surface area (Å²) in [6.45, 7) is 6.10. The minimum Gasteiger partial charge on any atom is -0.351 e. The molecule has 2 fully saturated rings. The number of rotatable bonds is 6. The summed E-state index contributed by atoms with van der Waals surface area (Å²) >= 11 is 0. The normalized spacial score (nSPS) is 24.8. The maximum Gasteiger partial charge on any atom is 0.0403 e. The fourth-order valence-electron chi connectivity index (χ4n) is 4.10. The van der Waals surface area contributed by atoms with Crippen LogP contribution in [0.15, 0.2) is 78.1 Å². The molecule has 3 rings (SSSR count). The highest BCUT2D eigenvalue weighted by molar-refractivity contribution is 5.55. The molecule has 2 aliphatic carbocycles. The minimum atomic E-state index is 0.234. The van der Waals surface area contributed by atoms with E-state index in [1.165, 1.54) is 43.4 Å². The Labute approximate surface area is 147 Å². The van der Waals surface area contributed by atoms with Crippen molar-refractivity contribution in [1.82, 2.24) is 0 Å². The summed E-state index contributed by atoms with van der Waals surface area (Å²) in [4.78, 5) is 2.28. The van der Waals surface area contributed by atoms with E-state index in [9.17, 15) is 0 Å². The van der Waals surface area contributed by atoms with Crippen LogP contribution in [-0.2, 0) is 0 Å². The topological polar surface area (TPSA) is 3.24 Å². The van der Waals surface area contributed by atoms with E-state index in [1.807, 2.05) is 0 Å². The predicted molar refractivity (Wildman–Crippen MR) is 105 cm³/mol. The van der Waals surface area contributed by atoms with Crippen LogP contribution in [0.5, 0.6) is 0 Å². The first-order valence-corrected chi connectivity index (χ1v) is 9.16. The Morgan fingerprint density at radius 1 is 1.17 bits per heavy atom. The lowest BCUT2D eigenvalue weighted by Gasteiger charge is -2.28. The maximum atomic E-state index is 3.94. The van der Waals surface area contributed by atoms with Crippen LogP contribution in [-0.4, -0.2) is 7.05 Å². The minimum absolute atomic E-state index is 0.234. The first-order valence-electron chi connectivity index (χ1n) is 9.16. The van der Waals surface area contributed by atoms with Gasteiger partial charge in [0.15, 0.2) is 0 Å². The van der Waals surface area contributed by atoms with E-state index in [-0.39, 0.29) is 5.41 Å². The van der Waals surface area contributed by atoms with E-state index in [0.717, 1.165) is 6.42 Å². The Morgan fingerprint density at radius 3 is 2.54 bits per heavy atom. The molecule has 0 saturated heterocycles. The molecular formula is C23H29N. The summed E-state index contributed by atoms with van der Waals surface area (Å²) in [6, 6.07) is 10.6. The molecule has 1 atom stereocenters. The molecule has 1 aromatic rings. The number of anilines is 1. The van der Waals surface area contributed by atoms with E-state index in [0.29, 0.717) is 0 Å². The molecular weight excluding hydrogens is 290 g/mol. The molecule has 1 aromatic carbocycles. The molecule has 24 heavy (non-hydrogen) atoms. The van der Waals surface area contributed by atoms with Crippen molar-refractivity contribution in [3.05, 3.63) is 78.1 Å². The van der Waals surface area contributed by atoms with Crippen molar-refractivity contribution in [1.29, 1.82) is 0 Å². The zero-order valence-electron chi connectivity index (χ0n) is 15.1. The van der Waals surface area contributed by atoms with Gasteiger partial charge in [-0.2, -0.15) is 0 Å². The van der Waals surface area contributed by atoms with Gasteiger partial charge >= 0.3 is 0 Å². The van der Waals surface area contributed by atoms with Gasteiger partial charge < -0.3 is 4.90 Å². The van der Waals surface area contributed by atoms with Crippen molar-refractivity contribution in [2.45, 2.75) is 45.4 Å². The number of para-hydroxylation sites is 1. The molecule has 1 nitrogen and oxygen atoms in total. The molecule has 0 heterocycles. The van der Waals surface area contributed by atoms with E-state index in [2.05, 4.69) is 80.2 Å². The van der Waals surface area contributed by atoms with Crippen LogP contribution in [0, 0.1) is 5.41 Å². The number of hydrogen-bond donors (Lipinski definition) is 0. The third-order valence-electron chi connectivity index (χ3n) is 5.31. The predicted octanol–water partition coefficient (Wildman–Crippen LogP) is 6.42. The molecule has 0 radical (unpaired) electrons. The average Bonchev–Trinajstić information content (AvgIpc) is 3.38. The second-order valence-electron chi connectivity index (χ2n) is 7.06. The van der Waals surface area contributed by atoms with Gasteiger partial charge in [0, 0.05) is 24.4 Å². The van der Waals surface area contributed by atoms with Crippen molar-refractivity contribution in [3.63, 3.8) is 0 Å². The lowest BCUT2D eigenvalue weighted by molar-refractivity contribution is 0.436. The molecule has 126 valence electrons. The van der Waals surface area contributed by atoms with Gasteiger partial charge in [0.2, 0.25) is 0 Å². The Balaban J connectivity index is 1.94.